The largest absolute Gasteiger partial charge is 0.383 e. The van der Waals surface area contributed by atoms with Crippen molar-refractivity contribution in [3.8, 4) is 0 Å². The van der Waals surface area contributed by atoms with Crippen LogP contribution < -0.4 is 4.90 Å². The number of carbonyl (C=O) groups excluding carboxylic acids is 2. The highest BCUT2D eigenvalue weighted by Crippen LogP contribution is 2.39. The van der Waals surface area contributed by atoms with Gasteiger partial charge in [-0.3, -0.25) is 14.5 Å². The van der Waals surface area contributed by atoms with E-state index in [2.05, 4.69) is 4.98 Å². The Hall–Kier alpha value is -2.02. The summed E-state index contributed by atoms with van der Waals surface area (Å²) in [5.41, 5.74) is 1.19. The zero-order valence-electron chi connectivity index (χ0n) is 14.8. The average Bonchev–Trinajstić information content (AvgIpc) is 3.07. The Morgan fingerprint density at radius 2 is 2.12 bits per heavy atom. The summed E-state index contributed by atoms with van der Waals surface area (Å²) in [5, 5.41) is 0. The van der Waals surface area contributed by atoms with E-state index >= 15 is 0 Å². The Labute approximate surface area is 142 Å². The summed E-state index contributed by atoms with van der Waals surface area (Å²) in [6.45, 7) is 7.16. The van der Waals surface area contributed by atoms with Crippen LogP contribution in [0.4, 0.5) is 5.82 Å². The number of rotatable bonds is 4. The minimum Gasteiger partial charge on any atom is -0.383 e. The van der Waals surface area contributed by atoms with E-state index in [0.717, 1.165) is 30.6 Å². The first-order valence-corrected chi connectivity index (χ1v) is 8.34. The number of likely N-dealkylation sites (tertiary alicyclic amines) is 1. The maximum absolute atomic E-state index is 12.3. The van der Waals surface area contributed by atoms with Gasteiger partial charge in [0.1, 0.15) is 5.82 Å². The third kappa shape index (κ3) is 2.56. The number of nitrogens with zero attached hydrogens (tertiary/aromatic N) is 4. The number of aryl methyl sites for hydroxylation is 1. The summed E-state index contributed by atoms with van der Waals surface area (Å²) in [6, 6.07) is 0. The molecule has 1 saturated heterocycles. The summed E-state index contributed by atoms with van der Waals surface area (Å²) >= 11 is 0. The molecule has 1 aromatic heterocycles. The number of fused-ring (bicyclic) bond motifs is 1. The van der Waals surface area contributed by atoms with Gasteiger partial charge in [-0.15, -0.1) is 0 Å². The van der Waals surface area contributed by atoms with E-state index in [9.17, 15) is 9.59 Å². The van der Waals surface area contributed by atoms with Crippen LogP contribution in [0.5, 0.6) is 0 Å². The van der Waals surface area contributed by atoms with Crippen molar-refractivity contribution in [2.45, 2.75) is 45.6 Å². The lowest BCUT2D eigenvalue weighted by molar-refractivity contribution is -0.133. The minimum atomic E-state index is -0.510. The third-order valence-corrected chi connectivity index (χ3v) is 5.10. The molecule has 130 valence electrons. The summed E-state index contributed by atoms with van der Waals surface area (Å²) in [7, 11) is 1.61. The molecule has 7 nitrogen and oxygen atoms in total. The van der Waals surface area contributed by atoms with Crippen LogP contribution in [0.1, 0.15) is 43.8 Å². The summed E-state index contributed by atoms with van der Waals surface area (Å²) in [5.74, 6) is 1.36. The predicted octanol–water partition coefficient (Wildman–Crippen LogP) is 1.18. The van der Waals surface area contributed by atoms with Gasteiger partial charge in [0.25, 0.3) is 0 Å². The van der Waals surface area contributed by atoms with Gasteiger partial charge in [-0.05, 0) is 26.7 Å². The molecule has 0 bridgehead atoms. The highest BCUT2D eigenvalue weighted by Gasteiger charge is 2.43. The van der Waals surface area contributed by atoms with Crippen LogP contribution in [0.15, 0.2) is 0 Å². The molecule has 3 rings (SSSR count). The number of aromatic nitrogens is 2. The molecule has 3 heterocycles. The van der Waals surface area contributed by atoms with Gasteiger partial charge in [-0.25, -0.2) is 9.97 Å². The van der Waals surface area contributed by atoms with Gasteiger partial charge in [0, 0.05) is 31.8 Å². The molecule has 0 radical (unpaired) electrons. The van der Waals surface area contributed by atoms with Crippen LogP contribution >= 0.6 is 0 Å². The van der Waals surface area contributed by atoms with E-state index in [-0.39, 0.29) is 11.8 Å². The summed E-state index contributed by atoms with van der Waals surface area (Å²) < 4.78 is 5.11. The fourth-order valence-corrected chi connectivity index (χ4v) is 3.73. The molecule has 0 N–H and O–H groups in total. The molecule has 0 unspecified atom stereocenters. The lowest BCUT2D eigenvalue weighted by Gasteiger charge is -2.33. The van der Waals surface area contributed by atoms with Crippen LogP contribution in [0, 0.1) is 6.92 Å². The molecule has 2 amide bonds. The Morgan fingerprint density at radius 1 is 1.38 bits per heavy atom. The van der Waals surface area contributed by atoms with Crippen molar-refractivity contribution in [1.82, 2.24) is 14.9 Å². The first kappa shape index (κ1) is 16.8. The molecule has 0 saturated carbocycles. The number of amides is 2. The molecule has 0 aromatic carbocycles. The third-order valence-electron chi connectivity index (χ3n) is 5.10. The van der Waals surface area contributed by atoms with Gasteiger partial charge < -0.3 is 9.64 Å². The Balaban J connectivity index is 2.03. The molecule has 7 heteroatoms. The lowest BCUT2D eigenvalue weighted by Crippen LogP contribution is -2.43. The maximum Gasteiger partial charge on any atom is 0.232 e. The van der Waals surface area contributed by atoms with E-state index < -0.39 is 5.54 Å². The van der Waals surface area contributed by atoms with E-state index in [0.29, 0.717) is 31.2 Å². The Kier molecular flexibility index (Phi) is 4.29. The number of carbonyl (C=O) groups is 2. The van der Waals surface area contributed by atoms with Crippen molar-refractivity contribution in [3.05, 3.63) is 17.1 Å². The Bertz CT molecular complexity index is 691. The molecule has 1 aromatic rings. The van der Waals surface area contributed by atoms with Crippen molar-refractivity contribution < 1.29 is 14.3 Å². The van der Waals surface area contributed by atoms with Crippen molar-refractivity contribution in [1.29, 1.82) is 0 Å². The molecule has 2 aliphatic rings. The normalized spacial score (nSPS) is 23.1. The summed E-state index contributed by atoms with van der Waals surface area (Å²) in [4.78, 5) is 37.2. The van der Waals surface area contributed by atoms with E-state index in [1.807, 2.05) is 18.7 Å². The standard InChI is InChI=1S/C17H24N4O3/c1-11-13-10-14(23)20(8-9-24-4)15(13)19-16(18-11)17(3)6-5-7-21(17)12(2)22/h5-10H2,1-4H3/t17-/m0/s1. The second-order valence-corrected chi connectivity index (χ2v) is 6.70. The number of anilines is 1. The number of methoxy groups -OCH3 is 1. The molecule has 0 aliphatic carbocycles. The highest BCUT2D eigenvalue weighted by molar-refractivity contribution is 6.00. The van der Waals surface area contributed by atoms with Crippen molar-refractivity contribution in [2.75, 3.05) is 31.7 Å². The van der Waals surface area contributed by atoms with Gasteiger partial charge >= 0.3 is 0 Å². The molecule has 1 fully saturated rings. The van der Waals surface area contributed by atoms with Gasteiger partial charge in [0.15, 0.2) is 5.82 Å². The average molecular weight is 332 g/mol. The van der Waals surface area contributed by atoms with Crippen LogP contribution in [0.3, 0.4) is 0 Å². The fraction of sp³-hybridized carbons (Fsp3) is 0.647. The molecular formula is C17H24N4O3. The number of hydrogen-bond acceptors (Lipinski definition) is 5. The fourth-order valence-electron chi connectivity index (χ4n) is 3.73. The highest BCUT2D eigenvalue weighted by atomic mass is 16.5. The maximum atomic E-state index is 12.3. The quantitative estimate of drug-likeness (QED) is 0.827. The van der Waals surface area contributed by atoms with Gasteiger partial charge in [-0.2, -0.15) is 0 Å². The second kappa shape index (κ2) is 6.12. The van der Waals surface area contributed by atoms with E-state index in [1.165, 1.54) is 0 Å². The topological polar surface area (TPSA) is 75.6 Å². The first-order chi connectivity index (χ1) is 11.4. The monoisotopic (exact) mass is 332 g/mol. The van der Waals surface area contributed by atoms with Crippen LogP contribution in [0.25, 0.3) is 0 Å². The van der Waals surface area contributed by atoms with Crippen molar-refractivity contribution >= 4 is 17.6 Å². The van der Waals surface area contributed by atoms with Crippen molar-refractivity contribution in [3.63, 3.8) is 0 Å². The molecular weight excluding hydrogens is 308 g/mol. The Morgan fingerprint density at radius 3 is 2.79 bits per heavy atom. The first-order valence-electron chi connectivity index (χ1n) is 8.34. The molecule has 2 aliphatic heterocycles. The zero-order valence-corrected chi connectivity index (χ0v) is 14.8. The van der Waals surface area contributed by atoms with Crippen molar-refractivity contribution in [2.24, 2.45) is 0 Å². The van der Waals surface area contributed by atoms with Crippen LogP contribution in [-0.2, 0) is 26.3 Å². The van der Waals surface area contributed by atoms with E-state index in [4.69, 9.17) is 9.72 Å². The van der Waals surface area contributed by atoms with E-state index in [1.54, 1.807) is 18.9 Å². The predicted molar refractivity (Wildman–Crippen MR) is 88.7 cm³/mol. The van der Waals surface area contributed by atoms with Gasteiger partial charge in [0.05, 0.1) is 25.1 Å². The molecule has 0 spiro atoms. The zero-order chi connectivity index (χ0) is 17.5. The summed E-state index contributed by atoms with van der Waals surface area (Å²) in [6.07, 6.45) is 2.09. The molecule has 24 heavy (non-hydrogen) atoms. The van der Waals surface area contributed by atoms with Crippen LogP contribution in [0.2, 0.25) is 0 Å². The molecule has 1 atom stereocenters. The minimum absolute atomic E-state index is 0.0246. The smallest absolute Gasteiger partial charge is 0.232 e. The SMILES string of the molecule is COCCN1C(=O)Cc2c(C)nc([C@]3(C)CCCN3C(C)=O)nc21. The van der Waals surface area contributed by atoms with Crippen LogP contribution in [-0.4, -0.2) is 53.5 Å². The second-order valence-electron chi connectivity index (χ2n) is 6.70. The number of hydrogen-bond donors (Lipinski definition) is 0. The van der Waals surface area contributed by atoms with Gasteiger partial charge in [0.2, 0.25) is 11.8 Å². The lowest BCUT2D eigenvalue weighted by atomic mass is 9.97. The van der Waals surface area contributed by atoms with Gasteiger partial charge in [-0.1, -0.05) is 0 Å². The number of ether oxygens (including phenoxy) is 1.